The van der Waals surface area contributed by atoms with E-state index in [1.165, 1.54) is 0 Å². The number of benzene rings is 3. The third-order valence-electron chi connectivity index (χ3n) is 9.15. The van der Waals surface area contributed by atoms with E-state index in [0.29, 0.717) is 32.7 Å². The van der Waals surface area contributed by atoms with Crippen molar-refractivity contribution in [3.8, 4) is 0 Å². The van der Waals surface area contributed by atoms with Gasteiger partial charge in [0.25, 0.3) is 0 Å². The predicted molar refractivity (Wildman–Crippen MR) is 204 cm³/mol. The zero-order chi connectivity index (χ0) is 38.4. The molecule has 1 heterocycles. The van der Waals surface area contributed by atoms with Gasteiger partial charge in [0.2, 0.25) is 17.7 Å². The molecule has 5 atom stereocenters. The van der Waals surface area contributed by atoms with Gasteiger partial charge in [0.05, 0.1) is 25.4 Å². The summed E-state index contributed by atoms with van der Waals surface area (Å²) >= 11 is 0. The summed E-state index contributed by atoms with van der Waals surface area (Å²) < 4.78 is 11.0. The molecule has 0 saturated carbocycles. The number of aliphatic hydroxyl groups is 1. The molecule has 1 fully saturated rings. The molecule has 53 heavy (non-hydrogen) atoms. The number of aliphatic hydroxyl groups excluding tert-OH is 1. The van der Waals surface area contributed by atoms with Gasteiger partial charge in [0.15, 0.2) is 0 Å². The Labute approximate surface area is 313 Å². The van der Waals surface area contributed by atoms with E-state index in [1.54, 1.807) is 25.7 Å². The van der Waals surface area contributed by atoms with Gasteiger partial charge < -0.3 is 35.4 Å². The molecule has 0 bridgehead atoms. The highest BCUT2D eigenvalue weighted by molar-refractivity contribution is 5.93. The lowest BCUT2D eigenvalue weighted by atomic mass is 9.88. The molecule has 4 amide bonds. The summed E-state index contributed by atoms with van der Waals surface area (Å²) in [7, 11) is 0. The highest BCUT2D eigenvalue weighted by Crippen LogP contribution is 2.21. The first kappa shape index (κ1) is 41.0. The van der Waals surface area contributed by atoms with E-state index in [0.717, 1.165) is 16.7 Å². The van der Waals surface area contributed by atoms with Crippen molar-refractivity contribution in [1.29, 1.82) is 0 Å². The Bertz CT molecular complexity index is 1590. The van der Waals surface area contributed by atoms with Gasteiger partial charge in [-0.05, 0) is 62.6 Å². The zero-order valence-corrected chi connectivity index (χ0v) is 31.6. The average molecular weight is 729 g/mol. The van der Waals surface area contributed by atoms with Crippen LogP contribution in [0.4, 0.5) is 4.79 Å². The Morgan fingerprint density at radius 1 is 0.736 bits per heavy atom. The second kappa shape index (κ2) is 19.9. The molecule has 3 aromatic carbocycles. The molecule has 4 N–H and O–H groups in total. The van der Waals surface area contributed by atoms with Crippen molar-refractivity contribution in [2.45, 2.75) is 90.1 Å². The van der Waals surface area contributed by atoms with Crippen LogP contribution in [0, 0.1) is 11.8 Å². The van der Waals surface area contributed by atoms with E-state index < -0.39 is 53.7 Å². The summed E-state index contributed by atoms with van der Waals surface area (Å²) in [6, 6.07) is 25.8. The maximum Gasteiger partial charge on any atom is 0.407 e. The van der Waals surface area contributed by atoms with Crippen molar-refractivity contribution in [2.75, 3.05) is 26.3 Å². The van der Waals surface area contributed by atoms with Crippen LogP contribution in [0.2, 0.25) is 0 Å². The third kappa shape index (κ3) is 13.6. The van der Waals surface area contributed by atoms with Crippen molar-refractivity contribution in [1.82, 2.24) is 20.9 Å². The van der Waals surface area contributed by atoms with Gasteiger partial charge in [0.1, 0.15) is 17.7 Å². The van der Waals surface area contributed by atoms with Gasteiger partial charge in [0, 0.05) is 25.4 Å². The summed E-state index contributed by atoms with van der Waals surface area (Å²) in [5.74, 6) is -2.18. The number of ether oxygens (including phenoxy) is 2. The predicted octanol–water partition coefficient (Wildman–Crippen LogP) is 4.46. The van der Waals surface area contributed by atoms with Gasteiger partial charge in [-0.1, -0.05) is 105 Å². The van der Waals surface area contributed by atoms with Crippen LogP contribution >= 0.6 is 0 Å². The molecule has 1 aliphatic rings. The molecule has 0 aliphatic carbocycles. The number of hydrogen-bond donors (Lipinski definition) is 4. The van der Waals surface area contributed by atoms with E-state index in [2.05, 4.69) is 16.0 Å². The molecule has 1 saturated heterocycles. The van der Waals surface area contributed by atoms with Crippen molar-refractivity contribution in [3.63, 3.8) is 0 Å². The number of rotatable bonds is 16. The minimum atomic E-state index is -1.14. The first-order valence-electron chi connectivity index (χ1n) is 18.6. The fourth-order valence-corrected chi connectivity index (χ4v) is 6.37. The van der Waals surface area contributed by atoms with E-state index >= 15 is 0 Å². The van der Waals surface area contributed by atoms with E-state index in [9.17, 15) is 24.3 Å². The molecule has 0 spiro atoms. The Morgan fingerprint density at radius 2 is 1.25 bits per heavy atom. The maximum atomic E-state index is 14.2. The van der Waals surface area contributed by atoms with E-state index in [4.69, 9.17) is 9.47 Å². The summed E-state index contributed by atoms with van der Waals surface area (Å²) in [5, 5.41) is 20.5. The topological polar surface area (TPSA) is 146 Å². The summed E-state index contributed by atoms with van der Waals surface area (Å²) in [6.45, 7) is 10.7. The molecule has 11 heteroatoms. The lowest BCUT2D eigenvalue weighted by Gasteiger charge is -2.32. The first-order valence-corrected chi connectivity index (χ1v) is 18.6. The molecule has 4 rings (SSSR count). The highest BCUT2D eigenvalue weighted by atomic mass is 16.6. The number of morpholine rings is 1. The normalized spacial score (nSPS) is 16.1. The van der Waals surface area contributed by atoms with Crippen LogP contribution < -0.4 is 16.0 Å². The van der Waals surface area contributed by atoms with E-state index in [1.807, 2.05) is 105 Å². The summed E-state index contributed by atoms with van der Waals surface area (Å²) in [6.07, 6.45) is -0.945. The Morgan fingerprint density at radius 3 is 1.75 bits per heavy atom. The fourth-order valence-electron chi connectivity index (χ4n) is 6.37. The second-order valence-electron chi connectivity index (χ2n) is 15.1. The molecule has 286 valence electrons. The lowest BCUT2D eigenvalue weighted by molar-refractivity contribution is -0.141. The lowest BCUT2D eigenvalue weighted by Crippen LogP contribution is -2.58. The number of nitrogens with zero attached hydrogens (tertiary/aromatic N) is 1. The zero-order valence-electron chi connectivity index (χ0n) is 31.6. The fraction of sp³-hybridized carbons (Fsp3) is 0.476. The van der Waals surface area contributed by atoms with Crippen molar-refractivity contribution in [2.24, 2.45) is 11.8 Å². The third-order valence-corrected chi connectivity index (χ3v) is 9.15. The molecule has 0 aromatic heterocycles. The summed E-state index contributed by atoms with van der Waals surface area (Å²) in [4.78, 5) is 56.6. The minimum Gasteiger partial charge on any atom is -0.444 e. The molecule has 1 aliphatic heterocycles. The van der Waals surface area contributed by atoms with Gasteiger partial charge >= 0.3 is 6.09 Å². The number of hydrogen-bond acceptors (Lipinski definition) is 7. The quantitative estimate of drug-likeness (QED) is 0.171. The molecule has 0 radical (unpaired) electrons. The molecule has 11 nitrogen and oxygen atoms in total. The van der Waals surface area contributed by atoms with Crippen LogP contribution in [0.3, 0.4) is 0 Å². The van der Waals surface area contributed by atoms with Crippen LogP contribution in [-0.2, 0) is 43.1 Å². The average Bonchev–Trinajstić information content (AvgIpc) is 3.13. The van der Waals surface area contributed by atoms with Crippen LogP contribution in [-0.4, -0.2) is 90.0 Å². The van der Waals surface area contributed by atoms with Crippen molar-refractivity contribution < 1.29 is 33.8 Å². The molecular formula is C42H56N4O7. The van der Waals surface area contributed by atoms with Crippen molar-refractivity contribution in [3.05, 3.63) is 108 Å². The van der Waals surface area contributed by atoms with Crippen LogP contribution in [0.5, 0.6) is 0 Å². The number of alkyl carbamates (subject to hydrolysis) is 1. The smallest absolute Gasteiger partial charge is 0.407 e. The first-order chi connectivity index (χ1) is 25.3. The van der Waals surface area contributed by atoms with Gasteiger partial charge in [-0.25, -0.2) is 4.79 Å². The Kier molecular flexibility index (Phi) is 15.4. The number of carbonyl (C=O) groups is 4. The second-order valence-corrected chi connectivity index (χ2v) is 15.1. The van der Waals surface area contributed by atoms with Gasteiger partial charge in [-0.15, -0.1) is 0 Å². The number of nitrogens with one attached hydrogen (secondary N) is 3. The minimum absolute atomic E-state index is 0.00733. The highest BCUT2D eigenvalue weighted by Gasteiger charge is 2.35. The summed E-state index contributed by atoms with van der Waals surface area (Å²) in [5.41, 5.74) is 1.92. The van der Waals surface area contributed by atoms with Gasteiger partial charge in [-0.3, -0.25) is 14.4 Å². The van der Waals surface area contributed by atoms with Crippen LogP contribution in [0.25, 0.3) is 0 Å². The Balaban J connectivity index is 1.55. The van der Waals surface area contributed by atoms with Crippen LogP contribution in [0.15, 0.2) is 91.0 Å². The van der Waals surface area contributed by atoms with E-state index in [-0.39, 0.29) is 31.1 Å². The van der Waals surface area contributed by atoms with Gasteiger partial charge in [-0.2, -0.15) is 0 Å². The van der Waals surface area contributed by atoms with Crippen molar-refractivity contribution >= 4 is 23.8 Å². The molecule has 1 unspecified atom stereocenters. The monoisotopic (exact) mass is 728 g/mol. The largest absolute Gasteiger partial charge is 0.444 e. The SMILES string of the molecule is CC(C)[C@H](NC(=O)[C@@H](Cc1ccccc1)C[C@H](O)C(Cc1ccccc1)NC(=O)OC(C)(C)C)C(=O)N[C@@H](Cc1ccccc1)C(=O)N1CCOCC1. The number of amides is 4. The molecule has 3 aromatic rings. The Hall–Kier alpha value is -4.74. The number of carbonyl (C=O) groups excluding carboxylic acids is 4. The van der Waals surface area contributed by atoms with Crippen LogP contribution in [0.1, 0.15) is 57.7 Å². The standard InChI is InChI=1S/C42H56N4O7/c1-29(2)37(39(49)43-35(27-32-19-13-8-14-20-32)40(50)46-21-23-52-24-22-46)45-38(48)33(25-30-15-9-6-10-16-30)28-36(47)34(26-31-17-11-7-12-18-31)44-41(51)53-42(3,4)5/h6-20,29,33-37,47H,21-28H2,1-5H3,(H,43,49)(H,44,51)(H,45,48)/t33-,34?,35-,36-,37-/m0/s1. The molecular weight excluding hydrogens is 672 g/mol. The maximum absolute atomic E-state index is 14.2.